The molecule has 1 unspecified atom stereocenters. The first-order chi connectivity index (χ1) is 10.1. The molecule has 21 heavy (non-hydrogen) atoms. The summed E-state index contributed by atoms with van der Waals surface area (Å²) in [5, 5.41) is 8.94. The van der Waals surface area contributed by atoms with Crippen molar-refractivity contribution in [3.63, 3.8) is 0 Å². The molecule has 0 amide bonds. The van der Waals surface area contributed by atoms with E-state index in [4.69, 9.17) is 5.26 Å². The molecule has 0 heterocycles. The number of carbonyl (C=O) groups excluding carboxylic acids is 1. The molecule has 4 rings (SSSR count). The summed E-state index contributed by atoms with van der Waals surface area (Å²) in [5.41, 5.74) is 1.51. The van der Waals surface area contributed by atoms with Crippen molar-refractivity contribution in [2.45, 2.75) is 64.4 Å². The predicted octanol–water partition coefficient (Wildman–Crippen LogP) is 3.99. The number of Topliss-reactive ketones (excluding diaryl/α,β-unsaturated/α-hetero) is 1. The van der Waals surface area contributed by atoms with Crippen molar-refractivity contribution in [3.8, 4) is 0 Å². The summed E-state index contributed by atoms with van der Waals surface area (Å²) in [6.07, 6.45) is 10.8. The van der Waals surface area contributed by atoms with Crippen molar-refractivity contribution in [2.75, 3.05) is 0 Å². The van der Waals surface area contributed by atoms with Crippen LogP contribution in [0, 0.1) is 29.1 Å². The Morgan fingerprint density at radius 1 is 1.24 bits per heavy atom. The highest BCUT2D eigenvalue weighted by atomic mass is 17.1. The first-order valence-electron chi connectivity index (χ1n) is 8.66. The van der Waals surface area contributed by atoms with Crippen molar-refractivity contribution < 1.29 is 14.9 Å². The average Bonchev–Trinajstić information content (AvgIpc) is 2.82. The van der Waals surface area contributed by atoms with Gasteiger partial charge in [0.1, 0.15) is 5.78 Å². The van der Waals surface area contributed by atoms with E-state index >= 15 is 0 Å². The van der Waals surface area contributed by atoms with Gasteiger partial charge in [-0.3, -0.25) is 10.1 Å². The van der Waals surface area contributed by atoms with Gasteiger partial charge in [0.2, 0.25) is 0 Å². The van der Waals surface area contributed by atoms with Gasteiger partial charge in [-0.25, -0.2) is 4.89 Å². The summed E-state index contributed by atoms with van der Waals surface area (Å²) in [7, 11) is 0. The summed E-state index contributed by atoms with van der Waals surface area (Å²) in [5.74, 6) is 3.33. The van der Waals surface area contributed by atoms with E-state index in [0.29, 0.717) is 17.6 Å². The predicted molar refractivity (Wildman–Crippen MR) is 79.6 cm³/mol. The van der Waals surface area contributed by atoms with E-state index in [2.05, 4.69) is 17.9 Å². The summed E-state index contributed by atoms with van der Waals surface area (Å²) in [6.45, 7) is 2.24. The molecule has 4 aliphatic carbocycles. The first-order valence-corrected chi connectivity index (χ1v) is 8.66. The van der Waals surface area contributed by atoms with Gasteiger partial charge in [-0.15, -0.1) is 0 Å². The number of hydrogen-bond donors (Lipinski definition) is 1. The van der Waals surface area contributed by atoms with Gasteiger partial charge in [-0.2, -0.15) is 0 Å². The number of fused-ring (bicyclic) bond motifs is 5. The number of allylic oxidation sites excluding steroid dienone is 1. The van der Waals surface area contributed by atoms with Crippen molar-refractivity contribution in [2.24, 2.45) is 29.1 Å². The van der Waals surface area contributed by atoms with Crippen LogP contribution >= 0.6 is 0 Å². The van der Waals surface area contributed by atoms with Gasteiger partial charge in [0.15, 0.2) is 0 Å². The average molecular weight is 290 g/mol. The molecule has 4 aliphatic rings. The maximum Gasteiger partial charge on any atom is 0.139 e. The Morgan fingerprint density at radius 2 is 2.10 bits per heavy atom. The van der Waals surface area contributed by atoms with Crippen LogP contribution in [0.1, 0.15) is 58.3 Å². The molecule has 0 aromatic rings. The monoisotopic (exact) mass is 290 g/mol. The molecule has 3 heteroatoms. The van der Waals surface area contributed by atoms with Crippen LogP contribution in [-0.4, -0.2) is 17.1 Å². The number of carbonyl (C=O) groups is 1. The van der Waals surface area contributed by atoms with Gasteiger partial charge in [0, 0.05) is 11.8 Å². The fourth-order valence-electron chi connectivity index (χ4n) is 6.09. The minimum atomic E-state index is -0.0160. The first kappa shape index (κ1) is 14.0. The van der Waals surface area contributed by atoms with E-state index < -0.39 is 0 Å². The van der Waals surface area contributed by atoms with Crippen LogP contribution in [0.2, 0.25) is 0 Å². The van der Waals surface area contributed by atoms with E-state index in [1.165, 1.54) is 12.0 Å². The second-order valence-electron chi connectivity index (χ2n) is 7.98. The fourth-order valence-corrected chi connectivity index (χ4v) is 6.09. The number of hydrogen-bond acceptors (Lipinski definition) is 3. The van der Waals surface area contributed by atoms with E-state index in [-0.39, 0.29) is 11.5 Å². The Balaban J connectivity index is 1.60. The van der Waals surface area contributed by atoms with Crippen LogP contribution in [0.3, 0.4) is 0 Å². The number of rotatable bonds is 1. The van der Waals surface area contributed by atoms with Crippen molar-refractivity contribution in [3.05, 3.63) is 11.6 Å². The molecule has 0 saturated heterocycles. The van der Waals surface area contributed by atoms with Gasteiger partial charge >= 0.3 is 0 Å². The van der Waals surface area contributed by atoms with Gasteiger partial charge in [-0.05, 0) is 68.6 Å². The van der Waals surface area contributed by atoms with Crippen molar-refractivity contribution in [1.29, 1.82) is 0 Å². The maximum atomic E-state index is 12.3. The minimum Gasteiger partial charge on any atom is -0.299 e. The second kappa shape index (κ2) is 4.92. The lowest BCUT2D eigenvalue weighted by Gasteiger charge is -2.51. The Hall–Kier alpha value is -0.670. The Labute approximate surface area is 126 Å². The van der Waals surface area contributed by atoms with Crippen LogP contribution in [0.25, 0.3) is 0 Å². The van der Waals surface area contributed by atoms with Crippen molar-refractivity contribution >= 4 is 5.78 Å². The molecular weight excluding hydrogens is 264 g/mol. The molecule has 0 aliphatic heterocycles. The molecular formula is C18H26O3. The Bertz CT molecular complexity index is 483. The fraction of sp³-hybridized carbons (Fsp3) is 0.833. The van der Waals surface area contributed by atoms with Crippen LogP contribution < -0.4 is 0 Å². The van der Waals surface area contributed by atoms with E-state index in [9.17, 15) is 4.79 Å². The zero-order chi connectivity index (χ0) is 14.6. The standard InChI is InChI=1S/C18H26O3/c1-18-9-8-14-13-5-3-12(21-20)10-11(13)2-4-15(14)16(18)6-7-17(18)19/h2,12-16,20H,3-10H2,1H3/t12?,13-,14+,15+,16-,18-/m0/s1. The van der Waals surface area contributed by atoms with Crippen molar-refractivity contribution in [1.82, 2.24) is 0 Å². The highest BCUT2D eigenvalue weighted by molar-refractivity contribution is 5.87. The zero-order valence-corrected chi connectivity index (χ0v) is 12.9. The highest BCUT2D eigenvalue weighted by Gasteiger charge is 2.55. The van der Waals surface area contributed by atoms with Gasteiger partial charge in [-0.1, -0.05) is 18.6 Å². The molecule has 3 saturated carbocycles. The summed E-state index contributed by atoms with van der Waals surface area (Å²) >= 11 is 0. The van der Waals surface area contributed by atoms with E-state index in [0.717, 1.165) is 56.8 Å². The number of ketones is 1. The van der Waals surface area contributed by atoms with E-state index in [1.54, 1.807) is 0 Å². The molecule has 6 atom stereocenters. The van der Waals surface area contributed by atoms with Crippen LogP contribution in [0.15, 0.2) is 11.6 Å². The zero-order valence-electron chi connectivity index (χ0n) is 12.9. The second-order valence-corrected chi connectivity index (χ2v) is 7.98. The Kier molecular flexibility index (Phi) is 3.27. The molecule has 0 bridgehead atoms. The topological polar surface area (TPSA) is 46.5 Å². The molecule has 0 radical (unpaired) electrons. The summed E-state index contributed by atoms with van der Waals surface area (Å²) in [4.78, 5) is 16.9. The van der Waals surface area contributed by atoms with Gasteiger partial charge in [0.25, 0.3) is 0 Å². The quantitative estimate of drug-likeness (QED) is 0.451. The SMILES string of the molecule is C[C@]12CC[C@H]3[C@@H](CC=C4CC(OO)CC[C@@H]43)[C@@H]1CCC2=O. The molecule has 1 N–H and O–H groups in total. The normalized spacial score (nSPS) is 49.1. The van der Waals surface area contributed by atoms with Gasteiger partial charge in [0.05, 0.1) is 6.10 Å². The molecule has 0 aromatic carbocycles. The summed E-state index contributed by atoms with van der Waals surface area (Å²) in [6, 6.07) is 0. The minimum absolute atomic E-state index is 0.00552. The molecule has 0 aromatic heterocycles. The lowest BCUT2D eigenvalue weighted by atomic mass is 9.53. The molecule has 3 fully saturated rings. The van der Waals surface area contributed by atoms with Crippen LogP contribution in [0.5, 0.6) is 0 Å². The Morgan fingerprint density at radius 3 is 2.90 bits per heavy atom. The summed E-state index contributed by atoms with van der Waals surface area (Å²) < 4.78 is 0. The van der Waals surface area contributed by atoms with Gasteiger partial charge < -0.3 is 0 Å². The molecule has 116 valence electrons. The smallest absolute Gasteiger partial charge is 0.139 e. The van der Waals surface area contributed by atoms with E-state index in [1.807, 2.05) is 0 Å². The maximum absolute atomic E-state index is 12.3. The largest absolute Gasteiger partial charge is 0.299 e. The lowest BCUT2D eigenvalue weighted by Crippen LogP contribution is -2.46. The van der Waals surface area contributed by atoms with Crippen LogP contribution in [0.4, 0.5) is 0 Å². The molecule has 0 spiro atoms. The third-order valence-corrected chi connectivity index (χ3v) is 7.26. The third-order valence-electron chi connectivity index (χ3n) is 7.26. The highest BCUT2D eigenvalue weighted by Crippen LogP contribution is 2.60. The lowest BCUT2D eigenvalue weighted by molar-refractivity contribution is -0.282. The third kappa shape index (κ3) is 1.97. The van der Waals surface area contributed by atoms with Crippen LogP contribution in [-0.2, 0) is 9.68 Å². The molecule has 3 nitrogen and oxygen atoms in total.